The lowest BCUT2D eigenvalue weighted by atomic mass is 10.0. The molecule has 3 heterocycles. The summed E-state index contributed by atoms with van der Waals surface area (Å²) in [5.41, 5.74) is 1.21. The number of aryl methyl sites for hydroxylation is 1. The second kappa shape index (κ2) is 8.98. The second-order valence-electron chi connectivity index (χ2n) is 6.62. The summed E-state index contributed by atoms with van der Waals surface area (Å²) >= 11 is 12.0. The van der Waals surface area contributed by atoms with Crippen molar-refractivity contribution in [2.75, 3.05) is 32.2 Å². The Morgan fingerprint density at radius 1 is 1.28 bits per heavy atom. The molecule has 3 rings (SSSR count). The number of esters is 1. The Kier molecular flexibility index (Phi) is 6.61. The van der Waals surface area contributed by atoms with Crippen LogP contribution >= 0.6 is 23.2 Å². The van der Waals surface area contributed by atoms with Gasteiger partial charge in [0.1, 0.15) is 11.5 Å². The topological polar surface area (TPSA) is 109 Å². The van der Waals surface area contributed by atoms with Crippen molar-refractivity contribution in [2.45, 2.75) is 25.5 Å². The first-order valence-electron chi connectivity index (χ1n) is 8.89. The summed E-state index contributed by atoms with van der Waals surface area (Å²) in [6.45, 7) is 2.81. The largest absolute Gasteiger partial charge is 0.464 e. The van der Waals surface area contributed by atoms with Crippen molar-refractivity contribution in [3.05, 3.63) is 39.5 Å². The molecule has 0 radical (unpaired) electrons. The number of hydrogen-bond donors (Lipinski definition) is 2. The van der Waals surface area contributed by atoms with Crippen molar-refractivity contribution in [3.8, 4) is 0 Å². The van der Waals surface area contributed by atoms with E-state index in [0.29, 0.717) is 36.0 Å². The molecule has 1 aliphatic rings. The molecule has 0 unspecified atom stereocenters. The highest BCUT2D eigenvalue weighted by Crippen LogP contribution is 2.23. The third kappa shape index (κ3) is 4.80. The molecular formula is C18H21Cl2N5O4. The molecule has 29 heavy (non-hydrogen) atoms. The number of H-pyrrole nitrogens is 1. The number of piperidine rings is 1. The van der Waals surface area contributed by atoms with E-state index >= 15 is 0 Å². The molecule has 1 saturated heterocycles. The number of hydrogen-bond acceptors (Lipinski definition) is 7. The van der Waals surface area contributed by atoms with Gasteiger partial charge in [-0.15, -0.1) is 0 Å². The number of halogens is 2. The second-order valence-corrected chi connectivity index (χ2v) is 7.36. The van der Waals surface area contributed by atoms with E-state index in [1.165, 1.54) is 13.2 Å². The molecule has 2 atom stereocenters. The van der Waals surface area contributed by atoms with E-state index in [-0.39, 0.29) is 29.0 Å². The quantitative estimate of drug-likeness (QED) is 0.540. The van der Waals surface area contributed by atoms with Crippen LogP contribution in [-0.4, -0.2) is 66.3 Å². The van der Waals surface area contributed by atoms with Crippen LogP contribution in [-0.2, 0) is 9.47 Å². The molecule has 1 amide bonds. The van der Waals surface area contributed by atoms with Gasteiger partial charge in [0.05, 0.1) is 24.3 Å². The van der Waals surface area contributed by atoms with E-state index in [9.17, 15) is 9.59 Å². The van der Waals surface area contributed by atoms with Gasteiger partial charge >= 0.3 is 5.97 Å². The standard InChI is InChI=1S/C18H21Cl2N5O4/c1-9-10(19)6-12(21-9)16(26)22-11-4-5-25(8-14(11)28-2)15-7-13(17(27)29-3)23-18(20)24-15/h6-7,11,14,21H,4-5,8H2,1-3H3,(H,22,26)/t11-,14+/m0/s1. The zero-order valence-electron chi connectivity index (χ0n) is 16.2. The van der Waals surface area contributed by atoms with E-state index in [1.54, 1.807) is 20.1 Å². The molecule has 2 aromatic heterocycles. The monoisotopic (exact) mass is 441 g/mol. The summed E-state index contributed by atoms with van der Waals surface area (Å²) in [7, 11) is 2.85. The summed E-state index contributed by atoms with van der Waals surface area (Å²) in [5.74, 6) is -0.358. The van der Waals surface area contributed by atoms with Crippen molar-refractivity contribution in [3.63, 3.8) is 0 Å². The summed E-state index contributed by atoms with van der Waals surface area (Å²) in [4.78, 5) is 37.3. The molecule has 1 aliphatic heterocycles. The average Bonchev–Trinajstić information content (AvgIpc) is 3.05. The van der Waals surface area contributed by atoms with Gasteiger partial charge in [0, 0.05) is 32.0 Å². The predicted molar refractivity (Wildman–Crippen MR) is 108 cm³/mol. The number of carbonyl (C=O) groups excluding carboxylic acids is 2. The smallest absolute Gasteiger partial charge is 0.356 e. The van der Waals surface area contributed by atoms with Crippen molar-refractivity contribution < 1.29 is 19.1 Å². The van der Waals surface area contributed by atoms with E-state index in [4.69, 9.17) is 32.7 Å². The van der Waals surface area contributed by atoms with Crippen LogP contribution < -0.4 is 10.2 Å². The number of rotatable bonds is 5. The fraction of sp³-hybridized carbons (Fsp3) is 0.444. The first-order chi connectivity index (χ1) is 13.8. The number of aromatic nitrogens is 3. The molecule has 0 aromatic carbocycles. The average molecular weight is 442 g/mol. The summed E-state index contributed by atoms with van der Waals surface area (Å²) < 4.78 is 10.3. The third-order valence-corrected chi connectivity index (χ3v) is 5.34. The Balaban J connectivity index is 1.72. The van der Waals surface area contributed by atoms with Gasteiger partial charge in [0.25, 0.3) is 5.91 Å². The molecule has 2 aromatic rings. The first kappa shape index (κ1) is 21.4. The number of methoxy groups -OCH3 is 2. The Labute approximate surface area is 177 Å². The van der Waals surface area contributed by atoms with Crippen LogP contribution in [0.15, 0.2) is 12.1 Å². The highest BCUT2D eigenvalue weighted by atomic mass is 35.5. The number of amides is 1. The van der Waals surface area contributed by atoms with Crippen molar-refractivity contribution in [1.29, 1.82) is 0 Å². The van der Waals surface area contributed by atoms with Crippen molar-refractivity contribution >= 4 is 40.9 Å². The number of nitrogens with one attached hydrogen (secondary N) is 2. The lowest BCUT2D eigenvalue weighted by Gasteiger charge is -2.38. The molecule has 9 nitrogen and oxygen atoms in total. The molecule has 156 valence electrons. The minimum atomic E-state index is -0.596. The molecule has 1 fully saturated rings. The van der Waals surface area contributed by atoms with E-state index < -0.39 is 5.97 Å². The number of nitrogens with zero attached hydrogens (tertiary/aromatic N) is 3. The minimum absolute atomic E-state index is 0.0497. The summed E-state index contributed by atoms with van der Waals surface area (Å²) in [6.07, 6.45) is 0.307. The number of ether oxygens (including phenoxy) is 2. The lowest BCUT2D eigenvalue weighted by molar-refractivity contribution is 0.0537. The number of anilines is 1. The van der Waals surface area contributed by atoms with Crippen molar-refractivity contribution in [2.24, 2.45) is 0 Å². The van der Waals surface area contributed by atoms with Gasteiger partial charge in [0.15, 0.2) is 5.69 Å². The van der Waals surface area contributed by atoms with E-state index in [0.717, 1.165) is 5.69 Å². The van der Waals surface area contributed by atoms with Crippen LogP contribution in [0.3, 0.4) is 0 Å². The SMILES string of the molecule is COC(=O)c1cc(N2CC[C@H](NC(=O)c3cc(Cl)c(C)[nH]3)[C@H](OC)C2)nc(Cl)n1. The number of aromatic amines is 1. The fourth-order valence-electron chi connectivity index (χ4n) is 3.21. The van der Waals surface area contributed by atoms with Gasteiger partial charge in [-0.2, -0.15) is 0 Å². The Morgan fingerprint density at radius 3 is 2.66 bits per heavy atom. The van der Waals surface area contributed by atoms with Crippen LogP contribution in [0.1, 0.15) is 33.1 Å². The van der Waals surface area contributed by atoms with Crippen LogP contribution in [0.2, 0.25) is 10.3 Å². The van der Waals surface area contributed by atoms with Gasteiger partial charge in [-0.3, -0.25) is 4.79 Å². The van der Waals surface area contributed by atoms with Crippen LogP contribution in [0.5, 0.6) is 0 Å². The maximum atomic E-state index is 12.5. The molecule has 11 heteroatoms. The number of carbonyl (C=O) groups is 2. The van der Waals surface area contributed by atoms with Gasteiger partial charge in [-0.1, -0.05) is 11.6 Å². The molecule has 0 spiro atoms. The van der Waals surface area contributed by atoms with Gasteiger partial charge in [-0.05, 0) is 31.0 Å². The molecule has 0 saturated carbocycles. The normalized spacial score (nSPS) is 19.1. The predicted octanol–water partition coefficient (Wildman–Crippen LogP) is 2.23. The van der Waals surface area contributed by atoms with E-state index in [2.05, 4.69) is 20.3 Å². The zero-order chi connectivity index (χ0) is 21.1. The van der Waals surface area contributed by atoms with Gasteiger partial charge in [0.2, 0.25) is 5.28 Å². The maximum Gasteiger partial charge on any atom is 0.356 e. The molecule has 0 aliphatic carbocycles. The molecule has 0 bridgehead atoms. The molecular weight excluding hydrogens is 421 g/mol. The Hall–Kier alpha value is -2.36. The highest BCUT2D eigenvalue weighted by molar-refractivity contribution is 6.31. The third-order valence-electron chi connectivity index (χ3n) is 4.78. The fourth-order valence-corrected chi connectivity index (χ4v) is 3.54. The molecule has 2 N–H and O–H groups in total. The minimum Gasteiger partial charge on any atom is -0.464 e. The van der Waals surface area contributed by atoms with E-state index in [1.807, 2.05) is 4.90 Å². The summed E-state index contributed by atoms with van der Waals surface area (Å²) in [6, 6.07) is 2.91. The van der Waals surface area contributed by atoms with Crippen LogP contribution in [0.4, 0.5) is 5.82 Å². The Morgan fingerprint density at radius 2 is 2.03 bits per heavy atom. The zero-order valence-corrected chi connectivity index (χ0v) is 17.7. The van der Waals surface area contributed by atoms with Crippen LogP contribution in [0.25, 0.3) is 0 Å². The Bertz CT molecular complexity index is 900. The first-order valence-corrected chi connectivity index (χ1v) is 9.64. The summed E-state index contributed by atoms with van der Waals surface area (Å²) in [5, 5.41) is 3.45. The van der Waals surface area contributed by atoms with Crippen molar-refractivity contribution in [1.82, 2.24) is 20.3 Å². The highest BCUT2D eigenvalue weighted by Gasteiger charge is 2.32. The van der Waals surface area contributed by atoms with Gasteiger partial charge < -0.3 is 24.7 Å². The lowest BCUT2D eigenvalue weighted by Crippen LogP contribution is -2.55. The maximum absolute atomic E-state index is 12.5. The van der Waals surface area contributed by atoms with Gasteiger partial charge in [-0.25, -0.2) is 14.8 Å². The van der Waals surface area contributed by atoms with Crippen LogP contribution in [0, 0.1) is 6.92 Å².